The molecule has 1 N–H and O–H groups in total. The van der Waals surface area contributed by atoms with Crippen LogP contribution in [-0.4, -0.2) is 35.4 Å². The molecule has 0 fully saturated rings. The molecule has 0 aliphatic carbocycles. The number of hydrogen-bond donors (Lipinski definition) is 1. The van der Waals surface area contributed by atoms with Gasteiger partial charge in [0.25, 0.3) is 0 Å². The molecule has 1 heterocycles. The van der Waals surface area contributed by atoms with E-state index < -0.39 is 0 Å². The largest absolute Gasteiger partial charge is 0.340 e. The Balaban J connectivity index is 2.49. The van der Waals surface area contributed by atoms with Gasteiger partial charge in [0.1, 0.15) is 0 Å². The zero-order valence-corrected chi connectivity index (χ0v) is 11.7. The average molecular weight is 249 g/mol. The molecule has 0 saturated carbocycles. The molecule has 0 radical (unpaired) electrons. The van der Waals surface area contributed by atoms with Crippen LogP contribution in [0.5, 0.6) is 0 Å². The van der Waals surface area contributed by atoms with E-state index in [0.717, 1.165) is 17.9 Å². The molecule has 0 aliphatic heterocycles. The number of carbonyl (C=O) groups is 1. The topological polar surface area (TPSA) is 45.2 Å². The average Bonchev–Trinajstić information content (AvgIpc) is 2.29. The third-order valence-corrected chi connectivity index (χ3v) is 2.80. The van der Waals surface area contributed by atoms with Crippen LogP contribution in [-0.2, 0) is 11.3 Å². The molecule has 4 nitrogen and oxygen atoms in total. The molecule has 0 aromatic carbocycles. The fourth-order valence-corrected chi connectivity index (χ4v) is 1.86. The first-order chi connectivity index (χ1) is 8.52. The molecule has 0 bridgehead atoms. The Morgan fingerprint density at radius 2 is 2.22 bits per heavy atom. The normalized spacial score (nSPS) is 12.2. The minimum Gasteiger partial charge on any atom is -0.340 e. The van der Waals surface area contributed by atoms with Gasteiger partial charge in [-0.3, -0.25) is 9.78 Å². The lowest BCUT2D eigenvalue weighted by molar-refractivity contribution is -0.130. The van der Waals surface area contributed by atoms with Gasteiger partial charge in [0.15, 0.2) is 0 Å². The molecule has 0 spiro atoms. The number of aryl methyl sites for hydroxylation is 1. The zero-order valence-electron chi connectivity index (χ0n) is 11.7. The van der Waals surface area contributed by atoms with Crippen LogP contribution < -0.4 is 5.32 Å². The minimum atomic E-state index is 0.145. The van der Waals surface area contributed by atoms with Gasteiger partial charge < -0.3 is 10.2 Å². The van der Waals surface area contributed by atoms with Crippen LogP contribution in [0, 0.1) is 6.92 Å². The van der Waals surface area contributed by atoms with E-state index in [1.54, 1.807) is 4.90 Å². The van der Waals surface area contributed by atoms with Crippen molar-refractivity contribution in [1.29, 1.82) is 0 Å². The number of amides is 1. The summed E-state index contributed by atoms with van der Waals surface area (Å²) >= 11 is 0. The highest BCUT2D eigenvalue weighted by Gasteiger charge is 2.13. The lowest BCUT2D eigenvalue weighted by atomic mass is 10.2. The van der Waals surface area contributed by atoms with Crippen molar-refractivity contribution in [3.63, 3.8) is 0 Å². The molecule has 1 rings (SSSR count). The highest BCUT2D eigenvalue weighted by molar-refractivity contribution is 5.76. The Hall–Kier alpha value is -1.42. The summed E-state index contributed by atoms with van der Waals surface area (Å²) in [6.07, 6.45) is 0.524. The molecule has 1 unspecified atom stereocenters. The lowest BCUT2D eigenvalue weighted by Gasteiger charge is -2.19. The fraction of sp³-hybridized carbons (Fsp3) is 0.571. The van der Waals surface area contributed by atoms with Gasteiger partial charge >= 0.3 is 0 Å². The quantitative estimate of drug-likeness (QED) is 0.835. The predicted molar refractivity (Wildman–Crippen MR) is 73.2 cm³/mol. The van der Waals surface area contributed by atoms with E-state index in [2.05, 4.69) is 10.3 Å². The Bertz CT molecular complexity index is 392. The summed E-state index contributed by atoms with van der Waals surface area (Å²) in [5, 5.41) is 3.24. The second-order valence-electron chi connectivity index (χ2n) is 4.68. The smallest absolute Gasteiger partial charge is 0.224 e. The van der Waals surface area contributed by atoms with Gasteiger partial charge in [-0.15, -0.1) is 0 Å². The monoisotopic (exact) mass is 249 g/mol. The number of hydrogen-bond acceptors (Lipinski definition) is 3. The van der Waals surface area contributed by atoms with E-state index in [-0.39, 0.29) is 11.9 Å². The number of pyridine rings is 1. The minimum absolute atomic E-state index is 0.145. The molecule has 1 aromatic rings. The van der Waals surface area contributed by atoms with E-state index in [9.17, 15) is 4.79 Å². The molecule has 100 valence electrons. The Morgan fingerprint density at radius 3 is 2.83 bits per heavy atom. The molecular weight excluding hydrogens is 226 g/mol. The lowest BCUT2D eigenvalue weighted by Crippen LogP contribution is -2.34. The van der Waals surface area contributed by atoms with E-state index >= 15 is 0 Å². The number of nitrogens with zero attached hydrogens (tertiary/aromatic N) is 2. The van der Waals surface area contributed by atoms with Crippen molar-refractivity contribution in [2.45, 2.75) is 39.8 Å². The molecule has 0 aliphatic rings. The number of aromatic nitrogens is 1. The van der Waals surface area contributed by atoms with Crippen molar-refractivity contribution in [2.75, 3.05) is 13.6 Å². The molecule has 1 amide bonds. The van der Waals surface area contributed by atoms with Crippen LogP contribution >= 0.6 is 0 Å². The molecule has 1 aromatic heterocycles. The maximum Gasteiger partial charge on any atom is 0.224 e. The van der Waals surface area contributed by atoms with Crippen LogP contribution in [0.15, 0.2) is 18.2 Å². The van der Waals surface area contributed by atoms with Gasteiger partial charge in [0.2, 0.25) is 5.91 Å². The van der Waals surface area contributed by atoms with Crippen molar-refractivity contribution >= 4 is 5.91 Å². The van der Waals surface area contributed by atoms with Gasteiger partial charge in [0, 0.05) is 25.2 Å². The highest BCUT2D eigenvalue weighted by Crippen LogP contribution is 2.04. The first kappa shape index (κ1) is 14.6. The molecule has 18 heavy (non-hydrogen) atoms. The second kappa shape index (κ2) is 7.11. The summed E-state index contributed by atoms with van der Waals surface area (Å²) in [4.78, 5) is 18.1. The first-order valence-electron chi connectivity index (χ1n) is 6.42. The fourth-order valence-electron chi connectivity index (χ4n) is 1.86. The van der Waals surface area contributed by atoms with E-state index in [1.807, 2.05) is 46.0 Å². The van der Waals surface area contributed by atoms with E-state index in [4.69, 9.17) is 0 Å². The summed E-state index contributed by atoms with van der Waals surface area (Å²) in [7, 11) is 1.82. The maximum atomic E-state index is 12.0. The summed E-state index contributed by atoms with van der Waals surface area (Å²) in [5.41, 5.74) is 1.91. The van der Waals surface area contributed by atoms with Gasteiger partial charge in [-0.25, -0.2) is 0 Å². The van der Waals surface area contributed by atoms with Gasteiger partial charge in [-0.1, -0.05) is 13.0 Å². The van der Waals surface area contributed by atoms with Crippen molar-refractivity contribution in [3.05, 3.63) is 29.6 Å². The molecule has 0 saturated heterocycles. The van der Waals surface area contributed by atoms with Crippen molar-refractivity contribution in [2.24, 2.45) is 0 Å². The SMILES string of the molecule is CCNC(C)CC(=O)N(C)Cc1cccc(C)n1. The Kier molecular flexibility index (Phi) is 5.78. The number of carbonyl (C=O) groups excluding carboxylic acids is 1. The van der Waals surface area contributed by atoms with Gasteiger partial charge in [-0.2, -0.15) is 0 Å². The summed E-state index contributed by atoms with van der Waals surface area (Å²) in [6, 6.07) is 6.09. The van der Waals surface area contributed by atoms with Crippen molar-refractivity contribution in [1.82, 2.24) is 15.2 Å². The third kappa shape index (κ3) is 4.84. The molecule has 1 atom stereocenters. The summed E-state index contributed by atoms with van der Waals surface area (Å²) in [5.74, 6) is 0.145. The number of rotatable bonds is 6. The predicted octanol–water partition coefficient (Wildman–Crippen LogP) is 1.74. The maximum absolute atomic E-state index is 12.0. The number of nitrogens with one attached hydrogen (secondary N) is 1. The standard InChI is InChI=1S/C14H23N3O/c1-5-15-12(3)9-14(18)17(4)10-13-8-6-7-11(2)16-13/h6-8,12,15H,5,9-10H2,1-4H3. The van der Waals surface area contributed by atoms with Gasteiger partial charge in [-0.05, 0) is 32.5 Å². The molecular formula is C14H23N3O. The van der Waals surface area contributed by atoms with Crippen molar-refractivity contribution < 1.29 is 4.79 Å². The van der Waals surface area contributed by atoms with Crippen LogP contribution in [0.25, 0.3) is 0 Å². The summed E-state index contributed by atoms with van der Waals surface area (Å²) in [6.45, 7) is 7.48. The van der Waals surface area contributed by atoms with E-state index in [1.165, 1.54) is 0 Å². The van der Waals surface area contributed by atoms with Crippen LogP contribution in [0.1, 0.15) is 31.7 Å². The van der Waals surface area contributed by atoms with Crippen molar-refractivity contribution in [3.8, 4) is 0 Å². The Labute approximate surface area is 109 Å². The van der Waals surface area contributed by atoms with Crippen LogP contribution in [0.4, 0.5) is 0 Å². The zero-order chi connectivity index (χ0) is 13.5. The second-order valence-corrected chi connectivity index (χ2v) is 4.68. The molecule has 4 heteroatoms. The summed E-state index contributed by atoms with van der Waals surface area (Å²) < 4.78 is 0. The van der Waals surface area contributed by atoms with Gasteiger partial charge in [0.05, 0.1) is 12.2 Å². The Morgan fingerprint density at radius 1 is 1.50 bits per heavy atom. The van der Waals surface area contributed by atoms with Crippen LogP contribution in [0.3, 0.4) is 0 Å². The van der Waals surface area contributed by atoms with Crippen LogP contribution in [0.2, 0.25) is 0 Å². The third-order valence-electron chi connectivity index (χ3n) is 2.80. The highest BCUT2D eigenvalue weighted by atomic mass is 16.2. The first-order valence-corrected chi connectivity index (χ1v) is 6.42. The van der Waals surface area contributed by atoms with E-state index in [0.29, 0.717) is 13.0 Å².